The highest BCUT2D eigenvalue weighted by molar-refractivity contribution is 6.02. The summed E-state index contributed by atoms with van der Waals surface area (Å²) in [5.74, 6) is 6.15. The van der Waals surface area contributed by atoms with Gasteiger partial charge in [-0.25, -0.2) is 4.79 Å². The van der Waals surface area contributed by atoms with Gasteiger partial charge in [0.1, 0.15) is 5.69 Å². The van der Waals surface area contributed by atoms with Crippen molar-refractivity contribution in [2.75, 3.05) is 20.8 Å². The van der Waals surface area contributed by atoms with Crippen molar-refractivity contribution >= 4 is 16.9 Å². The van der Waals surface area contributed by atoms with Crippen LogP contribution in [0.5, 0.6) is 11.5 Å². The van der Waals surface area contributed by atoms with Gasteiger partial charge in [0.15, 0.2) is 11.5 Å². The zero-order valence-electron chi connectivity index (χ0n) is 23.6. The van der Waals surface area contributed by atoms with Gasteiger partial charge < -0.3 is 18.8 Å². The van der Waals surface area contributed by atoms with Crippen LogP contribution in [-0.4, -0.2) is 31.4 Å². The summed E-state index contributed by atoms with van der Waals surface area (Å²) in [6.07, 6.45) is 26.3. The smallest absolute Gasteiger partial charge is 0.354 e. The lowest BCUT2D eigenvalue weighted by Gasteiger charge is -2.17. The number of aryl methyl sites for hydroxylation is 1. The number of benzene rings is 1. The molecule has 37 heavy (non-hydrogen) atoms. The highest BCUT2D eigenvalue weighted by Crippen LogP contribution is 2.42. The van der Waals surface area contributed by atoms with Gasteiger partial charge >= 0.3 is 5.97 Å². The molecule has 1 atom stereocenters. The lowest BCUT2D eigenvalue weighted by molar-refractivity contribution is 0.0411. The van der Waals surface area contributed by atoms with E-state index in [-0.39, 0.29) is 5.97 Å². The Kier molecular flexibility index (Phi) is 13.0. The van der Waals surface area contributed by atoms with Crippen LogP contribution in [0.2, 0.25) is 0 Å². The number of aromatic nitrogens is 1. The molecule has 0 fully saturated rings. The lowest BCUT2D eigenvalue weighted by Crippen LogP contribution is -2.17. The molecule has 5 heteroatoms. The van der Waals surface area contributed by atoms with Gasteiger partial charge in [-0.05, 0) is 24.8 Å². The van der Waals surface area contributed by atoms with E-state index in [0.29, 0.717) is 51.7 Å². The van der Waals surface area contributed by atoms with E-state index in [1.165, 1.54) is 78.4 Å². The minimum absolute atomic E-state index is 0.371. The van der Waals surface area contributed by atoms with Gasteiger partial charge in [0.25, 0.3) is 0 Å². The second kappa shape index (κ2) is 15.9. The molecule has 0 amide bonds. The quantitative estimate of drug-likeness (QED) is 0.125. The van der Waals surface area contributed by atoms with Gasteiger partial charge in [0.05, 0.1) is 37.5 Å². The first-order chi connectivity index (χ1) is 18.0. The number of fused-ring (bicyclic) bond motifs is 1. The first-order valence-corrected chi connectivity index (χ1v) is 13.9. The predicted octanol–water partition coefficient (Wildman–Crippen LogP) is 7.65. The number of methoxy groups -OCH3 is 2. The molecule has 1 aromatic carbocycles. The molecule has 0 bridgehead atoms. The molecule has 0 aliphatic rings. The van der Waals surface area contributed by atoms with Crippen molar-refractivity contribution in [2.45, 2.75) is 90.9 Å². The second-order valence-electron chi connectivity index (χ2n) is 9.83. The molecule has 0 N–H and O–H groups in total. The number of terminal acetylenes is 2. The molecular formula is C32H45NO4. The normalized spacial score (nSPS) is 11.6. The predicted molar refractivity (Wildman–Crippen MR) is 152 cm³/mol. The highest BCUT2D eigenvalue weighted by atomic mass is 16.5. The molecule has 1 unspecified atom stereocenters. The van der Waals surface area contributed by atoms with Crippen LogP contribution in [0.4, 0.5) is 0 Å². The van der Waals surface area contributed by atoms with Gasteiger partial charge in [0, 0.05) is 12.4 Å². The maximum atomic E-state index is 13.3. The summed E-state index contributed by atoms with van der Waals surface area (Å²) >= 11 is 0. The number of carbonyl (C=O) groups excluding carboxylic acids is 1. The first-order valence-electron chi connectivity index (χ1n) is 13.9. The largest absolute Gasteiger partial charge is 0.492 e. The Morgan fingerprint density at radius 1 is 0.865 bits per heavy atom. The number of hydrogen-bond acceptors (Lipinski definition) is 4. The van der Waals surface area contributed by atoms with E-state index in [9.17, 15) is 4.79 Å². The molecule has 1 aromatic heterocycles. The van der Waals surface area contributed by atoms with E-state index in [4.69, 9.17) is 27.1 Å². The van der Waals surface area contributed by atoms with Gasteiger partial charge in [-0.2, -0.15) is 0 Å². The Bertz CT molecular complexity index is 1100. The number of ether oxygens (including phenoxy) is 3. The fourth-order valence-electron chi connectivity index (χ4n) is 5.07. The maximum absolute atomic E-state index is 13.3. The number of rotatable bonds is 17. The molecule has 0 aliphatic heterocycles. The Hall–Kier alpha value is -3.05. The topological polar surface area (TPSA) is 49.7 Å². The number of unbranched alkanes of at least 4 members (excludes halogenated alkanes) is 8. The zero-order chi connectivity index (χ0) is 27.2. The molecule has 0 saturated carbocycles. The number of carbonyl (C=O) groups is 1. The van der Waals surface area contributed by atoms with Crippen LogP contribution in [0.25, 0.3) is 10.9 Å². The molecule has 0 saturated heterocycles. The van der Waals surface area contributed by atoms with Crippen molar-refractivity contribution in [3.63, 3.8) is 0 Å². The van der Waals surface area contributed by atoms with Gasteiger partial charge in [-0.15, -0.1) is 12.8 Å². The Labute approximate surface area is 224 Å². The number of hydrogen-bond donors (Lipinski definition) is 0. The van der Waals surface area contributed by atoms with E-state index in [2.05, 4.69) is 25.7 Å². The third-order valence-corrected chi connectivity index (χ3v) is 7.19. The van der Waals surface area contributed by atoms with Crippen LogP contribution in [-0.2, 0) is 11.8 Å². The summed E-state index contributed by atoms with van der Waals surface area (Å²) in [6, 6.07) is 1.75. The summed E-state index contributed by atoms with van der Waals surface area (Å²) in [5.41, 5.74) is 2.05. The summed E-state index contributed by atoms with van der Waals surface area (Å²) in [6.45, 7) is 4.89. The molecule has 0 aliphatic carbocycles. The van der Waals surface area contributed by atoms with Crippen molar-refractivity contribution in [1.29, 1.82) is 0 Å². The standard InChI is InChI=1S/C32H45NO4/c1-8-12-14-16-17-19-21-24(20-18-15-13-9-2)23-37-32(34)28-22-27-25(10-3)30(35-6)31(36-7)26(11-4)29(27)33(28)5/h3-4,22,24H,8-9,12-21,23H2,1-2,5-7H3. The maximum Gasteiger partial charge on any atom is 0.354 e. The van der Waals surface area contributed by atoms with Crippen molar-refractivity contribution < 1.29 is 19.0 Å². The van der Waals surface area contributed by atoms with Crippen LogP contribution in [0.3, 0.4) is 0 Å². The minimum Gasteiger partial charge on any atom is -0.492 e. The molecule has 2 aromatic rings. The molecule has 1 heterocycles. The highest BCUT2D eigenvalue weighted by Gasteiger charge is 2.26. The van der Waals surface area contributed by atoms with Crippen LogP contribution in [0.15, 0.2) is 6.07 Å². The van der Waals surface area contributed by atoms with E-state index in [0.717, 1.165) is 12.8 Å². The molecule has 0 radical (unpaired) electrons. The van der Waals surface area contributed by atoms with Crippen LogP contribution in [0.1, 0.15) is 113 Å². The van der Waals surface area contributed by atoms with E-state index in [1.54, 1.807) is 17.7 Å². The summed E-state index contributed by atoms with van der Waals surface area (Å²) < 4.78 is 18.7. The Morgan fingerprint density at radius 3 is 1.92 bits per heavy atom. The Morgan fingerprint density at radius 2 is 1.38 bits per heavy atom. The molecule has 2 rings (SSSR count). The Balaban J connectivity index is 2.22. The van der Waals surface area contributed by atoms with E-state index >= 15 is 0 Å². The van der Waals surface area contributed by atoms with E-state index in [1.807, 2.05) is 0 Å². The third kappa shape index (κ3) is 7.72. The zero-order valence-corrected chi connectivity index (χ0v) is 23.6. The number of nitrogens with zero attached hydrogens (tertiary/aromatic N) is 1. The van der Waals surface area contributed by atoms with Crippen LogP contribution in [0, 0.1) is 30.6 Å². The van der Waals surface area contributed by atoms with Crippen molar-refractivity contribution in [1.82, 2.24) is 4.57 Å². The molecular weight excluding hydrogens is 462 g/mol. The fraction of sp³-hybridized carbons (Fsp3) is 0.594. The molecule has 0 spiro atoms. The molecule has 5 nitrogen and oxygen atoms in total. The average molecular weight is 508 g/mol. The van der Waals surface area contributed by atoms with Gasteiger partial charge in [0.2, 0.25) is 0 Å². The first kappa shape index (κ1) is 30.2. The van der Waals surface area contributed by atoms with E-state index < -0.39 is 0 Å². The fourth-order valence-corrected chi connectivity index (χ4v) is 5.07. The second-order valence-corrected chi connectivity index (χ2v) is 9.83. The van der Waals surface area contributed by atoms with Crippen molar-refractivity contribution in [3.8, 4) is 36.2 Å². The number of esters is 1. The average Bonchev–Trinajstić information content (AvgIpc) is 3.25. The summed E-state index contributed by atoms with van der Waals surface area (Å²) in [4.78, 5) is 13.3. The lowest BCUT2D eigenvalue weighted by atomic mass is 9.95. The van der Waals surface area contributed by atoms with Crippen molar-refractivity contribution in [2.24, 2.45) is 13.0 Å². The monoisotopic (exact) mass is 507 g/mol. The van der Waals surface area contributed by atoms with Crippen LogP contribution < -0.4 is 9.47 Å². The molecule has 202 valence electrons. The van der Waals surface area contributed by atoms with Crippen molar-refractivity contribution in [3.05, 3.63) is 22.9 Å². The van der Waals surface area contributed by atoms with Gasteiger partial charge in [-0.1, -0.05) is 89.9 Å². The SMILES string of the molecule is C#Cc1c(OC)c(OC)c(C#C)c2c1cc(C(=O)OCC(CCCCCC)CCCCCCCC)n2C. The van der Waals surface area contributed by atoms with Crippen LogP contribution >= 0.6 is 0 Å². The van der Waals surface area contributed by atoms with Gasteiger partial charge in [-0.3, -0.25) is 0 Å². The summed E-state index contributed by atoms with van der Waals surface area (Å²) in [7, 11) is 4.84. The summed E-state index contributed by atoms with van der Waals surface area (Å²) in [5, 5.41) is 0.672. The minimum atomic E-state index is -0.371. The third-order valence-electron chi connectivity index (χ3n) is 7.19.